The first-order valence-electron chi connectivity index (χ1n) is 5.24. The maximum atomic E-state index is 11.1. The molecule has 0 aromatic carbocycles. The summed E-state index contributed by atoms with van der Waals surface area (Å²) >= 11 is 0. The van der Waals surface area contributed by atoms with Crippen LogP contribution in [0, 0.1) is 0 Å². The number of carbonyl (C=O) groups is 2. The van der Waals surface area contributed by atoms with Gasteiger partial charge < -0.3 is 0 Å². The highest BCUT2D eigenvalue weighted by molar-refractivity contribution is 5.81. The van der Waals surface area contributed by atoms with Crippen molar-refractivity contribution in [3.05, 3.63) is 0 Å². The van der Waals surface area contributed by atoms with E-state index in [1.54, 1.807) is 0 Å². The zero-order chi connectivity index (χ0) is 10.1. The van der Waals surface area contributed by atoms with Crippen molar-refractivity contribution >= 4 is 11.6 Å². The molecule has 76 valence electrons. The number of hydrogen-bond donors (Lipinski definition) is 0. The van der Waals surface area contributed by atoms with Gasteiger partial charge in [-0.05, 0) is 19.3 Å². The third-order valence-electron chi connectivity index (χ3n) is 1.97. The smallest absolute Gasteiger partial charge is 0.132 e. The topological polar surface area (TPSA) is 34.1 Å². The van der Waals surface area contributed by atoms with Crippen molar-refractivity contribution in [2.24, 2.45) is 0 Å². The lowest BCUT2D eigenvalue weighted by Gasteiger charge is -1.98. The van der Waals surface area contributed by atoms with Gasteiger partial charge in [-0.25, -0.2) is 0 Å². The van der Waals surface area contributed by atoms with E-state index in [1.807, 2.05) is 13.8 Å². The largest absolute Gasteiger partial charge is 0.300 e. The Morgan fingerprint density at radius 2 is 1.15 bits per heavy atom. The first kappa shape index (κ1) is 12.3. The zero-order valence-corrected chi connectivity index (χ0v) is 8.77. The van der Waals surface area contributed by atoms with Crippen molar-refractivity contribution in [1.29, 1.82) is 0 Å². The lowest BCUT2D eigenvalue weighted by molar-refractivity contribution is -0.120. The minimum absolute atomic E-state index is 0.298. The molecule has 0 rings (SSSR count). The Morgan fingerprint density at radius 1 is 0.769 bits per heavy atom. The zero-order valence-electron chi connectivity index (χ0n) is 8.77. The van der Waals surface area contributed by atoms with E-state index >= 15 is 0 Å². The van der Waals surface area contributed by atoms with Crippen LogP contribution in [-0.2, 0) is 9.59 Å². The molecular formula is C11H20O2. The van der Waals surface area contributed by atoms with Crippen LogP contribution in [0.1, 0.15) is 58.8 Å². The monoisotopic (exact) mass is 184 g/mol. The summed E-state index contributed by atoms with van der Waals surface area (Å²) in [6, 6.07) is 0. The summed E-state index contributed by atoms with van der Waals surface area (Å²) in [6.45, 7) is 4.00. The van der Waals surface area contributed by atoms with Crippen LogP contribution in [0.4, 0.5) is 0 Å². The van der Waals surface area contributed by atoms with Gasteiger partial charge in [0.25, 0.3) is 0 Å². The molecule has 2 heteroatoms. The molecule has 0 aliphatic carbocycles. The van der Waals surface area contributed by atoms with Gasteiger partial charge in [0.1, 0.15) is 11.6 Å². The first-order chi connectivity index (χ1) is 6.20. The van der Waals surface area contributed by atoms with Crippen LogP contribution in [0.15, 0.2) is 0 Å². The number of rotatable bonds is 8. The predicted molar refractivity (Wildman–Crippen MR) is 53.7 cm³/mol. The summed E-state index contributed by atoms with van der Waals surface area (Å²) < 4.78 is 0. The van der Waals surface area contributed by atoms with Gasteiger partial charge >= 0.3 is 0 Å². The molecule has 0 N–H and O–H groups in total. The molecule has 0 aromatic rings. The van der Waals surface area contributed by atoms with Gasteiger partial charge in [-0.2, -0.15) is 0 Å². The van der Waals surface area contributed by atoms with Crippen LogP contribution >= 0.6 is 0 Å². The highest BCUT2D eigenvalue weighted by Gasteiger charge is 2.03. The molecule has 0 aliphatic heterocycles. The fourth-order valence-corrected chi connectivity index (χ4v) is 1.29. The van der Waals surface area contributed by atoms with Gasteiger partial charge in [0, 0.05) is 25.7 Å². The summed E-state index contributed by atoms with van der Waals surface area (Å²) in [7, 11) is 0. The van der Waals surface area contributed by atoms with Crippen LogP contribution in [0.25, 0.3) is 0 Å². The van der Waals surface area contributed by atoms with Crippen molar-refractivity contribution in [1.82, 2.24) is 0 Å². The SMILES string of the molecule is CCCC(=O)CCCC(=O)CCC. The molecular weight excluding hydrogens is 164 g/mol. The van der Waals surface area contributed by atoms with Crippen LogP contribution < -0.4 is 0 Å². The Balaban J connectivity index is 3.33. The molecule has 0 saturated heterocycles. The summed E-state index contributed by atoms with van der Waals surface area (Å²) in [5.74, 6) is 0.596. The van der Waals surface area contributed by atoms with Gasteiger partial charge in [-0.1, -0.05) is 13.8 Å². The number of carbonyl (C=O) groups excluding carboxylic acids is 2. The van der Waals surface area contributed by atoms with Crippen molar-refractivity contribution in [2.75, 3.05) is 0 Å². The Morgan fingerprint density at radius 3 is 1.46 bits per heavy atom. The Kier molecular flexibility index (Phi) is 7.56. The number of ketones is 2. The summed E-state index contributed by atoms with van der Waals surface area (Å²) in [5.41, 5.74) is 0. The van der Waals surface area contributed by atoms with Crippen LogP contribution in [-0.4, -0.2) is 11.6 Å². The van der Waals surface area contributed by atoms with E-state index in [2.05, 4.69) is 0 Å². The molecule has 0 saturated carbocycles. The standard InChI is InChI=1S/C11H20O2/c1-3-6-10(12)8-5-9-11(13)7-4-2/h3-9H2,1-2H3. The molecule has 0 aliphatic rings. The second-order valence-corrected chi connectivity index (χ2v) is 3.43. The van der Waals surface area contributed by atoms with E-state index in [9.17, 15) is 9.59 Å². The van der Waals surface area contributed by atoms with E-state index < -0.39 is 0 Å². The number of hydrogen-bond acceptors (Lipinski definition) is 2. The molecule has 2 nitrogen and oxygen atoms in total. The Hall–Kier alpha value is -0.660. The third-order valence-corrected chi connectivity index (χ3v) is 1.97. The third kappa shape index (κ3) is 7.69. The maximum Gasteiger partial charge on any atom is 0.132 e. The maximum absolute atomic E-state index is 11.1. The highest BCUT2D eigenvalue weighted by atomic mass is 16.1. The lowest BCUT2D eigenvalue weighted by atomic mass is 10.1. The van der Waals surface area contributed by atoms with E-state index in [1.165, 1.54) is 0 Å². The molecule has 13 heavy (non-hydrogen) atoms. The highest BCUT2D eigenvalue weighted by Crippen LogP contribution is 2.04. The first-order valence-corrected chi connectivity index (χ1v) is 5.24. The molecule has 0 atom stereocenters. The second kappa shape index (κ2) is 7.96. The minimum Gasteiger partial charge on any atom is -0.300 e. The van der Waals surface area contributed by atoms with E-state index in [0.29, 0.717) is 37.2 Å². The molecule has 0 aromatic heterocycles. The predicted octanol–water partition coefficient (Wildman–Crippen LogP) is 2.90. The number of Topliss-reactive ketones (excluding diaryl/α,β-unsaturated/α-hetero) is 2. The summed E-state index contributed by atoms with van der Waals surface area (Å²) in [6.07, 6.45) is 5.09. The molecule has 0 fully saturated rings. The van der Waals surface area contributed by atoms with Crippen molar-refractivity contribution in [3.8, 4) is 0 Å². The average Bonchev–Trinajstić information content (AvgIpc) is 2.05. The van der Waals surface area contributed by atoms with Crippen molar-refractivity contribution in [3.63, 3.8) is 0 Å². The molecule has 0 unspecified atom stereocenters. The fourth-order valence-electron chi connectivity index (χ4n) is 1.29. The van der Waals surface area contributed by atoms with Crippen molar-refractivity contribution in [2.45, 2.75) is 58.8 Å². The van der Waals surface area contributed by atoms with Gasteiger partial charge in [0.05, 0.1) is 0 Å². The molecule has 0 amide bonds. The van der Waals surface area contributed by atoms with Crippen LogP contribution in [0.3, 0.4) is 0 Å². The molecule has 0 heterocycles. The average molecular weight is 184 g/mol. The van der Waals surface area contributed by atoms with Crippen LogP contribution in [0.5, 0.6) is 0 Å². The quantitative estimate of drug-likeness (QED) is 0.581. The Labute approximate surface area is 80.7 Å². The minimum atomic E-state index is 0.298. The van der Waals surface area contributed by atoms with Gasteiger partial charge in [0.15, 0.2) is 0 Å². The van der Waals surface area contributed by atoms with Gasteiger partial charge in [0.2, 0.25) is 0 Å². The second-order valence-electron chi connectivity index (χ2n) is 3.43. The van der Waals surface area contributed by atoms with E-state index in [-0.39, 0.29) is 0 Å². The normalized spacial score (nSPS) is 10.0. The van der Waals surface area contributed by atoms with E-state index in [0.717, 1.165) is 19.3 Å². The lowest BCUT2D eigenvalue weighted by Crippen LogP contribution is -2.01. The fraction of sp³-hybridized carbons (Fsp3) is 0.818. The van der Waals surface area contributed by atoms with E-state index in [4.69, 9.17) is 0 Å². The van der Waals surface area contributed by atoms with Gasteiger partial charge in [-0.15, -0.1) is 0 Å². The van der Waals surface area contributed by atoms with Crippen LogP contribution in [0.2, 0.25) is 0 Å². The molecule has 0 spiro atoms. The van der Waals surface area contributed by atoms with Crippen molar-refractivity contribution < 1.29 is 9.59 Å². The molecule has 0 radical (unpaired) electrons. The van der Waals surface area contributed by atoms with Gasteiger partial charge in [-0.3, -0.25) is 9.59 Å². The summed E-state index contributed by atoms with van der Waals surface area (Å²) in [4.78, 5) is 22.1. The Bertz CT molecular complexity index is 143. The molecule has 0 bridgehead atoms. The summed E-state index contributed by atoms with van der Waals surface area (Å²) in [5, 5.41) is 0.